The van der Waals surface area contributed by atoms with Gasteiger partial charge in [-0.1, -0.05) is 18.2 Å². The highest BCUT2D eigenvalue weighted by Crippen LogP contribution is 2.36. The molecule has 3 aliphatic heterocycles. The predicted octanol–water partition coefficient (Wildman–Crippen LogP) is 2.02. The highest BCUT2D eigenvalue weighted by Gasteiger charge is 2.33. The summed E-state index contributed by atoms with van der Waals surface area (Å²) in [6.45, 7) is 4.11. The molecule has 0 spiro atoms. The second-order valence-corrected chi connectivity index (χ2v) is 7.57. The number of fused-ring (bicyclic) bond motifs is 5. The molecule has 1 saturated heterocycles. The fourth-order valence-electron chi connectivity index (χ4n) is 4.25. The van der Waals surface area contributed by atoms with Gasteiger partial charge in [0.25, 0.3) is 0 Å². The van der Waals surface area contributed by atoms with Crippen LogP contribution in [-0.2, 0) is 4.79 Å². The number of allylic oxidation sites excluding steroid dienone is 2. The second-order valence-electron chi connectivity index (χ2n) is 7.57. The lowest BCUT2D eigenvalue weighted by atomic mass is 10.0. The third-order valence-electron chi connectivity index (χ3n) is 5.73. The standard InChI is InChI=1S/C21H23N5O2/c1-24-9-4-10-25(12-11-24)18-8-7-14-13-15(21(27)28)20-22-16-5-2-3-6-17(16)26(20)19(14)23-18/h2-3,5-8,13,19,23H,4,9-12H2,1H3,(H,27,28). The molecule has 0 radical (unpaired) electrons. The van der Waals surface area contributed by atoms with Crippen LogP contribution < -0.4 is 5.32 Å². The normalized spacial score (nSPS) is 22.4. The number of nitrogens with zero attached hydrogens (tertiary/aromatic N) is 4. The zero-order valence-electron chi connectivity index (χ0n) is 15.8. The summed E-state index contributed by atoms with van der Waals surface area (Å²) < 4.78 is 2.02. The maximum absolute atomic E-state index is 11.9. The molecule has 7 heteroatoms. The van der Waals surface area contributed by atoms with E-state index in [2.05, 4.69) is 33.2 Å². The largest absolute Gasteiger partial charge is 0.478 e. The maximum atomic E-state index is 11.9. The number of benzene rings is 1. The van der Waals surface area contributed by atoms with E-state index in [9.17, 15) is 9.90 Å². The number of hydrogen-bond donors (Lipinski definition) is 2. The summed E-state index contributed by atoms with van der Waals surface area (Å²) in [7, 11) is 2.16. The number of carboxylic acid groups (broad SMARTS) is 1. The lowest BCUT2D eigenvalue weighted by Gasteiger charge is -2.36. The highest BCUT2D eigenvalue weighted by molar-refractivity contribution is 6.16. The average molecular weight is 377 g/mol. The zero-order valence-corrected chi connectivity index (χ0v) is 15.8. The molecule has 1 aromatic heterocycles. The van der Waals surface area contributed by atoms with E-state index in [1.807, 2.05) is 34.9 Å². The summed E-state index contributed by atoms with van der Waals surface area (Å²) in [6, 6.07) is 7.81. The van der Waals surface area contributed by atoms with Gasteiger partial charge in [0.2, 0.25) is 0 Å². The quantitative estimate of drug-likeness (QED) is 0.834. The van der Waals surface area contributed by atoms with E-state index in [1.54, 1.807) is 6.08 Å². The first-order valence-corrected chi connectivity index (χ1v) is 9.66. The van der Waals surface area contributed by atoms with E-state index in [-0.39, 0.29) is 11.7 Å². The lowest BCUT2D eigenvalue weighted by Crippen LogP contribution is -2.41. The number of likely N-dealkylation sites (N-methyl/N-ethyl adjacent to an activating group) is 1. The monoisotopic (exact) mass is 377 g/mol. The van der Waals surface area contributed by atoms with Crippen molar-refractivity contribution in [2.75, 3.05) is 33.2 Å². The van der Waals surface area contributed by atoms with E-state index in [4.69, 9.17) is 0 Å². The van der Waals surface area contributed by atoms with E-state index in [0.29, 0.717) is 5.82 Å². The van der Waals surface area contributed by atoms with Crippen molar-refractivity contribution in [2.45, 2.75) is 12.6 Å². The number of aliphatic carboxylic acids is 1. The molecule has 7 nitrogen and oxygen atoms in total. The molecule has 1 atom stereocenters. The van der Waals surface area contributed by atoms with Gasteiger partial charge in [-0.15, -0.1) is 0 Å². The Balaban J connectivity index is 1.58. The molecule has 1 aromatic carbocycles. The summed E-state index contributed by atoms with van der Waals surface area (Å²) in [5.41, 5.74) is 2.90. The SMILES string of the molecule is CN1CCCN(C2=CC=C3C=C(C(=O)O)c4nc5ccccc5n4C3N2)CC1. The molecule has 1 fully saturated rings. The van der Waals surface area contributed by atoms with Crippen LogP contribution in [0.25, 0.3) is 16.6 Å². The third kappa shape index (κ3) is 2.70. The smallest absolute Gasteiger partial charge is 0.339 e. The highest BCUT2D eigenvalue weighted by atomic mass is 16.4. The van der Waals surface area contributed by atoms with Crippen LogP contribution in [0.3, 0.4) is 0 Å². The number of dihydropyridines is 1. The summed E-state index contributed by atoms with van der Waals surface area (Å²) in [6.07, 6.45) is 6.80. The minimum absolute atomic E-state index is 0.161. The second kappa shape index (κ2) is 6.53. The molecular formula is C21H23N5O2. The van der Waals surface area contributed by atoms with Crippen molar-refractivity contribution in [1.82, 2.24) is 24.7 Å². The number of hydrogen-bond acceptors (Lipinski definition) is 5. The Morgan fingerprint density at radius 1 is 1.18 bits per heavy atom. The third-order valence-corrected chi connectivity index (χ3v) is 5.73. The molecule has 0 amide bonds. The van der Waals surface area contributed by atoms with Gasteiger partial charge >= 0.3 is 5.97 Å². The van der Waals surface area contributed by atoms with Gasteiger partial charge in [0.15, 0.2) is 5.82 Å². The molecule has 0 aliphatic carbocycles. The number of aromatic nitrogens is 2. The van der Waals surface area contributed by atoms with Gasteiger partial charge in [-0.25, -0.2) is 9.78 Å². The first-order chi connectivity index (χ1) is 13.6. The van der Waals surface area contributed by atoms with Crippen molar-refractivity contribution >= 4 is 22.6 Å². The van der Waals surface area contributed by atoms with Crippen molar-refractivity contribution in [3.8, 4) is 0 Å². The van der Waals surface area contributed by atoms with Gasteiger partial charge in [-0.05, 0) is 49.9 Å². The van der Waals surface area contributed by atoms with Crippen molar-refractivity contribution in [2.24, 2.45) is 0 Å². The van der Waals surface area contributed by atoms with Gasteiger partial charge in [-0.2, -0.15) is 0 Å². The Hall–Kier alpha value is -3.06. The molecule has 1 unspecified atom stereocenters. The summed E-state index contributed by atoms with van der Waals surface area (Å²) in [5.74, 6) is 0.626. The van der Waals surface area contributed by atoms with Crippen molar-refractivity contribution < 1.29 is 9.90 Å². The van der Waals surface area contributed by atoms with Crippen LogP contribution in [0.4, 0.5) is 0 Å². The average Bonchev–Trinajstić information content (AvgIpc) is 2.95. The van der Waals surface area contributed by atoms with Crippen LogP contribution in [0.1, 0.15) is 18.4 Å². The Labute approximate surface area is 163 Å². The fourth-order valence-corrected chi connectivity index (χ4v) is 4.25. The van der Waals surface area contributed by atoms with Crippen molar-refractivity contribution in [3.05, 3.63) is 59.7 Å². The minimum Gasteiger partial charge on any atom is -0.478 e. The number of nitrogens with one attached hydrogen (secondary N) is 1. The number of carboxylic acids is 1. The van der Waals surface area contributed by atoms with Gasteiger partial charge in [0.1, 0.15) is 17.6 Å². The zero-order chi connectivity index (χ0) is 19.3. The molecule has 5 rings (SSSR count). The van der Waals surface area contributed by atoms with Crippen LogP contribution in [0.5, 0.6) is 0 Å². The molecular weight excluding hydrogens is 354 g/mol. The topological polar surface area (TPSA) is 73.6 Å². The maximum Gasteiger partial charge on any atom is 0.339 e. The van der Waals surface area contributed by atoms with Crippen molar-refractivity contribution in [3.63, 3.8) is 0 Å². The molecule has 28 heavy (non-hydrogen) atoms. The predicted molar refractivity (Wildman–Crippen MR) is 107 cm³/mol. The number of rotatable bonds is 2. The Morgan fingerprint density at radius 3 is 2.89 bits per heavy atom. The van der Waals surface area contributed by atoms with Gasteiger partial charge in [-0.3, -0.25) is 4.57 Å². The van der Waals surface area contributed by atoms with Crippen LogP contribution in [0.15, 0.2) is 53.9 Å². The summed E-state index contributed by atoms with van der Waals surface area (Å²) in [5, 5.41) is 13.4. The molecule has 0 saturated carbocycles. The Bertz CT molecular complexity index is 1050. The van der Waals surface area contributed by atoms with E-state index < -0.39 is 5.97 Å². The van der Waals surface area contributed by atoms with Crippen LogP contribution in [0, 0.1) is 0 Å². The van der Waals surface area contributed by atoms with Gasteiger partial charge in [0, 0.05) is 19.6 Å². The number of para-hydroxylation sites is 2. The first kappa shape index (κ1) is 17.1. The molecule has 0 bridgehead atoms. The van der Waals surface area contributed by atoms with Crippen LogP contribution in [-0.4, -0.2) is 63.7 Å². The molecule has 4 heterocycles. The van der Waals surface area contributed by atoms with Crippen LogP contribution in [0.2, 0.25) is 0 Å². The van der Waals surface area contributed by atoms with Gasteiger partial charge in [0.05, 0.1) is 11.0 Å². The van der Waals surface area contributed by atoms with E-state index >= 15 is 0 Å². The summed E-state index contributed by atoms with van der Waals surface area (Å²) >= 11 is 0. The minimum atomic E-state index is -0.957. The summed E-state index contributed by atoms with van der Waals surface area (Å²) in [4.78, 5) is 21.2. The lowest BCUT2D eigenvalue weighted by molar-refractivity contribution is -0.130. The van der Waals surface area contributed by atoms with E-state index in [1.165, 1.54) is 0 Å². The van der Waals surface area contributed by atoms with Crippen molar-refractivity contribution in [1.29, 1.82) is 0 Å². The first-order valence-electron chi connectivity index (χ1n) is 9.66. The number of carbonyl (C=O) groups is 1. The molecule has 2 N–H and O–H groups in total. The molecule has 2 aromatic rings. The molecule has 144 valence electrons. The van der Waals surface area contributed by atoms with Gasteiger partial charge < -0.3 is 20.2 Å². The Morgan fingerprint density at radius 2 is 2.04 bits per heavy atom. The number of imidazole rings is 1. The van der Waals surface area contributed by atoms with E-state index in [0.717, 1.165) is 55.0 Å². The molecule has 3 aliphatic rings. The van der Waals surface area contributed by atoms with Crippen LogP contribution >= 0.6 is 0 Å². The Kier molecular flexibility index (Phi) is 3.98. The fraction of sp³-hybridized carbons (Fsp3) is 0.333.